The summed E-state index contributed by atoms with van der Waals surface area (Å²) in [7, 11) is 3.79. The molecule has 0 aromatic rings. The summed E-state index contributed by atoms with van der Waals surface area (Å²) < 4.78 is 0.567. The fraction of sp³-hybridized carbons (Fsp3) is 1.00. The predicted octanol–water partition coefficient (Wildman–Crippen LogP) is 3.57. The Hall–Kier alpha value is 1.05. The Morgan fingerprint density at radius 2 is 1.91 bits per heavy atom. The second kappa shape index (κ2) is 3.08. The maximum atomic E-state index is 2.43. The van der Waals surface area contributed by atoms with E-state index in [1.54, 1.807) is 0 Å². The fourth-order valence-electron chi connectivity index (χ4n) is 1.13. The molecule has 3 heteroatoms. The number of hydrogen-bond donors (Lipinski definition) is 0. The largest absolute Gasteiger partial charge is 0.235 e. The van der Waals surface area contributed by atoms with Crippen molar-refractivity contribution in [3.05, 3.63) is 0 Å². The Bertz CT molecular complexity index is 150. The normalized spacial score (nSPS) is 41.0. The van der Waals surface area contributed by atoms with Crippen molar-refractivity contribution in [2.24, 2.45) is 0 Å². The van der Waals surface area contributed by atoms with Crippen LogP contribution >= 0.6 is 31.6 Å². The van der Waals surface area contributed by atoms with Gasteiger partial charge in [-0.05, 0) is 32.1 Å². The van der Waals surface area contributed by atoms with Gasteiger partial charge in [0.2, 0.25) is 0 Å². The highest BCUT2D eigenvalue weighted by atomic mass is 33.1. The molecule has 0 bridgehead atoms. The monoisotopic (exact) mass is 210 g/mol. The fourth-order valence-corrected chi connectivity index (χ4v) is 7.69. The molecule has 0 radical (unpaired) electrons. The van der Waals surface area contributed by atoms with Crippen molar-refractivity contribution in [1.29, 1.82) is 0 Å². The molecule has 1 rings (SSSR count). The van der Waals surface area contributed by atoms with Crippen molar-refractivity contribution >= 4 is 31.6 Å². The van der Waals surface area contributed by atoms with Gasteiger partial charge in [-0.15, -0.1) is 0 Å². The van der Waals surface area contributed by atoms with Gasteiger partial charge in [-0.2, -0.15) is 0 Å². The van der Waals surface area contributed by atoms with Gasteiger partial charge in [-0.3, -0.25) is 0 Å². The van der Waals surface area contributed by atoms with E-state index in [0.29, 0.717) is 4.08 Å². The summed E-state index contributed by atoms with van der Waals surface area (Å²) in [5, 5.41) is 0.858. The standard InChI is InChI=1S/C8H18S3/c1-7-6-8(2,10-9-7)11(3,4)5/h7H,6H2,1-5H3. The molecule has 0 amide bonds. The summed E-state index contributed by atoms with van der Waals surface area (Å²) in [6.45, 7) is 4.78. The molecule has 1 saturated heterocycles. The summed E-state index contributed by atoms with van der Waals surface area (Å²) >= 11 is 0. The average Bonchev–Trinajstić information content (AvgIpc) is 2.10. The van der Waals surface area contributed by atoms with E-state index in [-0.39, 0.29) is 0 Å². The molecule has 11 heavy (non-hydrogen) atoms. The van der Waals surface area contributed by atoms with E-state index in [4.69, 9.17) is 0 Å². The maximum Gasteiger partial charge on any atom is 0.0539 e. The minimum Gasteiger partial charge on any atom is -0.235 e. The van der Waals surface area contributed by atoms with Gasteiger partial charge < -0.3 is 0 Å². The smallest absolute Gasteiger partial charge is 0.0539 e. The first-order valence-electron chi connectivity index (χ1n) is 3.87. The Kier molecular flexibility index (Phi) is 2.83. The average molecular weight is 210 g/mol. The molecule has 1 fully saturated rings. The molecule has 0 aliphatic carbocycles. The summed E-state index contributed by atoms with van der Waals surface area (Å²) in [4.78, 5) is 0. The van der Waals surface area contributed by atoms with Crippen molar-refractivity contribution in [3.63, 3.8) is 0 Å². The van der Waals surface area contributed by atoms with Crippen LogP contribution in [0, 0.1) is 0 Å². The molecular formula is C8H18S3. The SMILES string of the molecule is CC1CC(C)(S(C)(C)C)SS1. The van der Waals surface area contributed by atoms with Crippen LogP contribution in [0.25, 0.3) is 0 Å². The van der Waals surface area contributed by atoms with Crippen LogP contribution in [-0.4, -0.2) is 28.1 Å². The minimum atomic E-state index is -0.393. The summed E-state index contributed by atoms with van der Waals surface area (Å²) in [5.41, 5.74) is 0. The first kappa shape index (κ1) is 10.1. The lowest BCUT2D eigenvalue weighted by atomic mass is 10.2. The quantitative estimate of drug-likeness (QED) is 0.607. The van der Waals surface area contributed by atoms with Crippen LogP contribution in [0.4, 0.5) is 0 Å². The van der Waals surface area contributed by atoms with Crippen molar-refractivity contribution in [3.8, 4) is 0 Å². The predicted molar refractivity (Wildman–Crippen MR) is 63.0 cm³/mol. The van der Waals surface area contributed by atoms with Crippen LogP contribution < -0.4 is 0 Å². The van der Waals surface area contributed by atoms with Crippen LogP contribution in [0.15, 0.2) is 0 Å². The molecule has 1 heterocycles. The van der Waals surface area contributed by atoms with E-state index in [0.717, 1.165) is 5.25 Å². The first-order valence-corrected chi connectivity index (χ1v) is 8.95. The molecule has 0 spiro atoms. The Balaban J connectivity index is 2.69. The molecule has 0 N–H and O–H groups in total. The summed E-state index contributed by atoms with van der Waals surface area (Å²) in [6.07, 6.45) is 8.68. The zero-order valence-corrected chi connectivity index (χ0v) is 10.5. The molecule has 0 nitrogen and oxygen atoms in total. The third-order valence-electron chi connectivity index (χ3n) is 2.34. The lowest BCUT2D eigenvalue weighted by Gasteiger charge is -2.42. The molecule has 68 valence electrons. The summed E-state index contributed by atoms with van der Waals surface area (Å²) in [6, 6.07) is 0. The van der Waals surface area contributed by atoms with Gasteiger partial charge in [-0.25, -0.2) is 10.0 Å². The van der Waals surface area contributed by atoms with E-state index in [1.807, 2.05) is 0 Å². The number of rotatable bonds is 1. The third-order valence-corrected chi connectivity index (χ3v) is 10.7. The zero-order valence-electron chi connectivity index (χ0n) is 8.01. The molecule has 0 aromatic heterocycles. The zero-order chi connectivity index (χ0) is 8.70. The number of hydrogen-bond acceptors (Lipinski definition) is 2. The highest BCUT2D eigenvalue weighted by molar-refractivity contribution is 8.80. The maximum absolute atomic E-state index is 2.43. The van der Waals surface area contributed by atoms with Gasteiger partial charge in [-0.1, -0.05) is 28.5 Å². The Morgan fingerprint density at radius 3 is 2.09 bits per heavy atom. The highest BCUT2D eigenvalue weighted by Gasteiger charge is 2.41. The van der Waals surface area contributed by atoms with Gasteiger partial charge in [0.05, 0.1) is 4.08 Å². The van der Waals surface area contributed by atoms with E-state index in [9.17, 15) is 0 Å². The Morgan fingerprint density at radius 1 is 1.36 bits per heavy atom. The highest BCUT2D eigenvalue weighted by Crippen LogP contribution is 2.67. The van der Waals surface area contributed by atoms with E-state index >= 15 is 0 Å². The van der Waals surface area contributed by atoms with Crippen molar-refractivity contribution in [2.75, 3.05) is 18.8 Å². The Labute approximate surface area is 80.0 Å². The van der Waals surface area contributed by atoms with Crippen LogP contribution in [-0.2, 0) is 0 Å². The van der Waals surface area contributed by atoms with Gasteiger partial charge in [0.25, 0.3) is 0 Å². The third kappa shape index (κ3) is 2.04. The van der Waals surface area contributed by atoms with Crippen LogP contribution in [0.1, 0.15) is 20.3 Å². The molecule has 0 aromatic carbocycles. The molecule has 1 aliphatic heterocycles. The van der Waals surface area contributed by atoms with Crippen molar-refractivity contribution in [2.45, 2.75) is 29.6 Å². The molecule has 2 unspecified atom stereocenters. The molecular weight excluding hydrogens is 192 g/mol. The van der Waals surface area contributed by atoms with E-state index < -0.39 is 10.0 Å². The van der Waals surface area contributed by atoms with Gasteiger partial charge in [0.1, 0.15) is 0 Å². The van der Waals surface area contributed by atoms with E-state index in [2.05, 4.69) is 54.2 Å². The lowest BCUT2D eigenvalue weighted by molar-refractivity contribution is 0.771. The molecule has 0 saturated carbocycles. The van der Waals surface area contributed by atoms with Crippen molar-refractivity contribution in [1.82, 2.24) is 0 Å². The van der Waals surface area contributed by atoms with Gasteiger partial charge in [0, 0.05) is 5.25 Å². The van der Waals surface area contributed by atoms with Crippen LogP contribution in [0.5, 0.6) is 0 Å². The van der Waals surface area contributed by atoms with Crippen molar-refractivity contribution < 1.29 is 0 Å². The molecule has 1 aliphatic rings. The summed E-state index contributed by atoms with van der Waals surface area (Å²) in [5.74, 6) is 0. The van der Waals surface area contributed by atoms with Crippen LogP contribution in [0.3, 0.4) is 0 Å². The lowest BCUT2D eigenvalue weighted by Crippen LogP contribution is -2.24. The van der Waals surface area contributed by atoms with Crippen LogP contribution in [0.2, 0.25) is 0 Å². The first-order chi connectivity index (χ1) is 4.85. The van der Waals surface area contributed by atoms with E-state index in [1.165, 1.54) is 6.42 Å². The van der Waals surface area contributed by atoms with Gasteiger partial charge >= 0.3 is 0 Å². The van der Waals surface area contributed by atoms with Gasteiger partial charge in [0.15, 0.2) is 0 Å². The minimum absolute atomic E-state index is 0.393. The second-order valence-corrected chi connectivity index (χ2v) is 12.1. The second-order valence-electron chi connectivity index (χ2n) is 4.17. The topological polar surface area (TPSA) is 0 Å². The molecule has 2 atom stereocenters.